The molecule has 0 aromatic rings. The Morgan fingerprint density at radius 1 is 1.09 bits per heavy atom. The molecule has 136 valence electrons. The minimum Gasteiger partial charge on any atom is -0.478 e. The van der Waals surface area contributed by atoms with Crippen molar-refractivity contribution in [1.29, 1.82) is 0 Å². The first-order chi connectivity index (χ1) is 11.0. The fourth-order valence-electron chi connectivity index (χ4n) is 1.53. The first kappa shape index (κ1) is 23.9. The highest BCUT2D eigenvalue weighted by Crippen LogP contribution is 2.02. The lowest BCUT2D eigenvalue weighted by atomic mass is 10.3. The summed E-state index contributed by atoms with van der Waals surface area (Å²) in [6, 6.07) is 0. The minimum atomic E-state index is -1.79. The number of aliphatic carboxylic acids is 1. The Balaban J connectivity index is 0. The van der Waals surface area contributed by atoms with Crippen LogP contribution in [0.3, 0.4) is 0 Å². The van der Waals surface area contributed by atoms with Crippen LogP contribution < -0.4 is 0 Å². The van der Waals surface area contributed by atoms with E-state index in [2.05, 4.69) is 20.4 Å². The molecule has 0 spiro atoms. The predicted octanol–water partition coefficient (Wildman–Crippen LogP) is 2.81. The third-order valence-electron chi connectivity index (χ3n) is 3.01. The van der Waals surface area contributed by atoms with Gasteiger partial charge in [-0.15, -0.1) is 0 Å². The first-order valence-corrected chi connectivity index (χ1v) is 8.37. The van der Waals surface area contributed by atoms with Gasteiger partial charge in [0.05, 0.1) is 0 Å². The van der Waals surface area contributed by atoms with Gasteiger partial charge in [-0.25, -0.2) is 4.79 Å². The Morgan fingerprint density at radius 3 is 1.91 bits per heavy atom. The van der Waals surface area contributed by atoms with E-state index in [1.54, 1.807) is 0 Å². The van der Waals surface area contributed by atoms with Crippen LogP contribution in [0.25, 0.3) is 0 Å². The van der Waals surface area contributed by atoms with E-state index >= 15 is 0 Å². The highest BCUT2D eigenvalue weighted by atomic mass is 16.5. The number of aliphatic hydroxyl groups is 1. The van der Waals surface area contributed by atoms with Gasteiger partial charge in [-0.2, -0.15) is 0 Å². The van der Waals surface area contributed by atoms with Crippen LogP contribution in [-0.2, 0) is 14.3 Å². The lowest BCUT2D eigenvalue weighted by Gasteiger charge is -2.23. The molecular weight excluding hydrogens is 298 g/mol. The molecule has 6 nitrogen and oxygen atoms in total. The van der Waals surface area contributed by atoms with E-state index in [-0.39, 0.29) is 6.54 Å². The topological polar surface area (TPSA) is 87.1 Å². The van der Waals surface area contributed by atoms with Gasteiger partial charge in [0.15, 0.2) is 0 Å². The Hall–Kier alpha value is -1.40. The molecule has 0 rings (SSSR count). The molecule has 1 atom stereocenters. The molecule has 0 saturated heterocycles. The Kier molecular flexibility index (Phi) is 17.6. The second-order valence-electron chi connectivity index (χ2n) is 5.12. The van der Waals surface area contributed by atoms with Crippen LogP contribution in [0.15, 0.2) is 12.7 Å². The molecule has 0 aromatic heterocycles. The summed E-state index contributed by atoms with van der Waals surface area (Å²) >= 11 is 0. The average molecular weight is 331 g/mol. The lowest BCUT2D eigenvalue weighted by Crippen LogP contribution is -2.44. The van der Waals surface area contributed by atoms with Crippen LogP contribution in [-0.4, -0.2) is 53.0 Å². The van der Waals surface area contributed by atoms with Gasteiger partial charge >= 0.3 is 5.97 Å². The highest BCUT2D eigenvalue weighted by Gasteiger charge is 2.24. The number of carbonyl (C=O) groups excluding carboxylic acids is 1. The van der Waals surface area contributed by atoms with E-state index in [4.69, 9.17) is 9.84 Å². The van der Waals surface area contributed by atoms with Crippen molar-refractivity contribution in [2.75, 3.05) is 19.8 Å². The van der Waals surface area contributed by atoms with Crippen LogP contribution in [0.5, 0.6) is 0 Å². The van der Waals surface area contributed by atoms with Crippen molar-refractivity contribution in [2.24, 2.45) is 0 Å². The van der Waals surface area contributed by atoms with Crippen LogP contribution in [0.2, 0.25) is 0 Å². The number of aliphatic hydroxyl groups excluding tert-OH is 1. The molecule has 0 heterocycles. The number of unbranched alkanes of at least 4 members (excludes halogenated alkanes) is 3. The quantitative estimate of drug-likeness (QED) is 0.326. The van der Waals surface area contributed by atoms with Crippen molar-refractivity contribution < 1.29 is 24.5 Å². The lowest BCUT2D eigenvalue weighted by molar-refractivity contribution is -0.163. The summed E-state index contributed by atoms with van der Waals surface area (Å²) in [6.07, 6.45) is 5.57. The number of ether oxygens (including phenoxy) is 1. The Bertz CT molecular complexity index is 314. The van der Waals surface area contributed by atoms with Crippen molar-refractivity contribution in [3.8, 4) is 0 Å². The summed E-state index contributed by atoms with van der Waals surface area (Å²) < 4.78 is 5.31. The molecule has 0 radical (unpaired) electrons. The number of rotatable bonds is 12. The SMILES string of the molecule is C=CC(=O)N(CCCC)C(O)C(=O)O.CCCCOCCCC. The maximum Gasteiger partial charge on any atom is 0.354 e. The van der Waals surface area contributed by atoms with Crippen molar-refractivity contribution in [1.82, 2.24) is 4.90 Å². The van der Waals surface area contributed by atoms with Gasteiger partial charge in [0.25, 0.3) is 0 Å². The fraction of sp³-hybridized carbons (Fsp3) is 0.765. The van der Waals surface area contributed by atoms with Gasteiger partial charge in [-0.05, 0) is 25.3 Å². The van der Waals surface area contributed by atoms with Crippen molar-refractivity contribution in [2.45, 2.75) is 65.5 Å². The summed E-state index contributed by atoms with van der Waals surface area (Å²) in [6.45, 7) is 11.6. The molecule has 23 heavy (non-hydrogen) atoms. The van der Waals surface area contributed by atoms with Gasteiger partial charge < -0.3 is 19.8 Å². The number of amides is 1. The molecule has 2 N–H and O–H groups in total. The van der Waals surface area contributed by atoms with E-state index in [0.29, 0.717) is 6.42 Å². The number of hydrogen-bond acceptors (Lipinski definition) is 4. The molecule has 6 heteroatoms. The van der Waals surface area contributed by atoms with E-state index in [1.165, 1.54) is 25.7 Å². The highest BCUT2D eigenvalue weighted by molar-refractivity contribution is 5.90. The summed E-state index contributed by atoms with van der Waals surface area (Å²) in [4.78, 5) is 22.5. The molecule has 0 saturated carbocycles. The fourth-order valence-corrected chi connectivity index (χ4v) is 1.53. The Labute approximate surface area is 140 Å². The summed E-state index contributed by atoms with van der Waals surface area (Å²) in [5.74, 6) is -2.01. The number of carboxylic acid groups (broad SMARTS) is 1. The first-order valence-electron chi connectivity index (χ1n) is 8.37. The minimum absolute atomic E-state index is 0.217. The van der Waals surface area contributed by atoms with E-state index in [1.807, 2.05) is 6.92 Å². The molecule has 1 amide bonds. The van der Waals surface area contributed by atoms with Gasteiger partial charge in [-0.3, -0.25) is 4.79 Å². The molecular formula is C17H33NO5. The van der Waals surface area contributed by atoms with Crippen LogP contribution in [0.1, 0.15) is 59.3 Å². The maximum absolute atomic E-state index is 11.1. The van der Waals surface area contributed by atoms with Gasteiger partial charge in [0.1, 0.15) is 0 Å². The maximum atomic E-state index is 11.1. The molecule has 0 aliphatic heterocycles. The normalized spacial score (nSPS) is 11.1. The zero-order chi connectivity index (χ0) is 18.1. The smallest absolute Gasteiger partial charge is 0.354 e. The molecule has 1 unspecified atom stereocenters. The molecule has 0 fully saturated rings. The Morgan fingerprint density at radius 2 is 1.57 bits per heavy atom. The zero-order valence-electron chi connectivity index (χ0n) is 14.8. The molecule has 0 bridgehead atoms. The van der Waals surface area contributed by atoms with Crippen LogP contribution in [0, 0.1) is 0 Å². The van der Waals surface area contributed by atoms with Crippen molar-refractivity contribution >= 4 is 11.9 Å². The summed E-state index contributed by atoms with van der Waals surface area (Å²) in [5.41, 5.74) is 0. The van der Waals surface area contributed by atoms with Crippen LogP contribution >= 0.6 is 0 Å². The second kappa shape index (κ2) is 17.0. The molecule has 0 aliphatic carbocycles. The number of carboxylic acids is 1. The predicted molar refractivity (Wildman–Crippen MR) is 91.1 cm³/mol. The number of carbonyl (C=O) groups is 2. The monoisotopic (exact) mass is 331 g/mol. The van der Waals surface area contributed by atoms with Gasteiger partial charge in [0.2, 0.25) is 12.1 Å². The summed E-state index contributed by atoms with van der Waals surface area (Å²) in [5, 5.41) is 17.7. The third kappa shape index (κ3) is 14.0. The zero-order valence-corrected chi connectivity index (χ0v) is 14.8. The summed E-state index contributed by atoms with van der Waals surface area (Å²) in [7, 11) is 0. The second-order valence-corrected chi connectivity index (χ2v) is 5.12. The average Bonchev–Trinajstić information content (AvgIpc) is 2.55. The molecule has 0 aromatic carbocycles. The van der Waals surface area contributed by atoms with Gasteiger partial charge in [0, 0.05) is 19.8 Å². The van der Waals surface area contributed by atoms with Crippen LogP contribution in [0.4, 0.5) is 0 Å². The van der Waals surface area contributed by atoms with E-state index in [0.717, 1.165) is 30.6 Å². The number of nitrogens with zero attached hydrogens (tertiary/aromatic N) is 1. The third-order valence-corrected chi connectivity index (χ3v) is 3.01. The van der Waals surface area contributed by atoms with E-state index in [9.17, 15) is 14.7 Å². The van der Waals surface area contributed by atoms with Gasteiger partial charge in [-0.1, -0.05) is 46.6 Å². The number of hydrogen-bond donors (Lipinski definition) is 2. The van der Waals surface area contributed by atoms with Crippen molar-refractivity contribution in [3.05, 3.63) is 12.7 Å². The van der Waals surface area contributed by atoms with Crippen molar-refractivity contribution in [3.63, 3.8) is 0 Å². The largest absolute Gasteiger partial charge is 0.478 e. The van der Waals surface area contributed by atoms with E-state index < -0.39 is 18.1 Å². The standard InChI is InChI=1S/C9H15NO4.C8H18O/c1-3-5-6-10(7(11)4-2)8(12)9(13)14;1-3-5-7-9-8-6-4-2/h4,8,12H,2-3,5-6H2,1H3,(H,13,14);3-8H2,1-2H3. The molecule has 0 aliphatic rings.